The molecule has 0 radical (unpaired) electrons. The number of hydrogen-bond donors (Lipinski definition) is 0. The van der Waals surface area contributed by atoms with Crippen molar-refractivity contribution in [1.82, 2.24) is 0 Å². The van der Waals surface area contributed by atoms with Crippen molar-refractivity contribution in [1.29, 1.82) is 0 Å². The highest BCUT2D eigenvalue weighted by Crippen LogP contribution is 2.51. The minimum absolute atomic E-state index is 0.140. The summed E-state index contributed by atoms with van der Waals surface area (Å²) in [4.78, 5) is 0. The highest BCUT2D eigenvalue weighted by molar-refractivity contribution is 5.43. The number of alkyl halides is 1. The van der Waals surface area contributed by atoms with E-state index in [4.69, 9.17) is 0 Å². The van der Waals surface area contributed by atoms with Gasteiger partial charge in [-0.1, -0.05) is 38.1 Å². The molecule has 0 amide bonds. The summed E-state index contributed by atoms with van der Waals surface area (Å²) in [7, 11) is 0. The minimum Gasteiger partial charge on any atom is -0.242 e. The van der Waals surface area contributed by atoms with Gasteiger partial charge in [-0.3, -0.25) is 0 Å². The number of hydrogen-bond acceptors (Lipinski definition) is 0. The fourth-order valence-corrected chi connectivity index (χ4v) is 2.02. The molecule has 0 nitrogen and oxygen atoms in total. The number of benzene rings is 1. The lowest BCUT2D eigenvalue weighted by atomic mass is 9.70. The Labute approximate surface area is 72.4 Å². The van der Waals surface area contributed by atoms with Crippen molar-refractivity contribution >= 4 is 0 Å². The molecule has 2 rings (SSSR count). The Morgan fingerprint density at radius 1 is 1.17 bits per heavy atom. The van der Waals surface area contributed by atoms with Gasteiger partial charge < -0.3 is 0 Å². The van der Waals surface area contributed by atoms with Crippen LogP contribution in [0.25, 0.3) is 0 Å². The van der Waals surface area contributed by atoms with Crippen molar-refractivity contribution in [2.45, 2.75) is 25.9 Å². The summed E-state index contributed by atoms with van der Waals surface area (Å²) in [6.07, 6.45) is -0.721. The van der Waals surface area contributed by atoms with Gasteiger partial charge in [0.15, 0.2) is 0 Å². The predicted octanol–water partition coefficient (Wildman–Crippen LogP) is 3.45. The highest BCUT2D eigenvalue weighted by atomic mass is 19.1. The number of halogens is 1. The number of fused-ring (bicyclic) bond motifs is 1. The van der Waals surface area contributed by atoms with Gasteiger partial charge in [0, 0.05) is 5.92 Å². The molecule has 1 aromatic rings. The average molecular weight is 164 g/mol. The summed E-state index contributed by atoms with van der Waals surface area (Å²) in [5.74, 6) is 0.552. The third-order valence-electron chi connectivity index (χ3n) is 2.69. The fraction of sp³-hybridized carbons (Fsp3) is 0.455. The molecule has 1 heteroatoms. The Bertz CT molecular complexity index is 291. The lowest BCUT2D eigenvalue weighted by Crippen LogP contribution is -2.25. The topological polar surface area (TPSA) is 0 Å². The minimum atomic E-state index is -0.721. The molecular formula is C11H13F. The van der Waals surface area contributed by atoms with Gasteiger partial charge in [0.25, 0.3) is 0 Å². The SMILES string of the molecule is CC(C)[C@H]1c2ccccc2C1F. The van der Waals surface area contributed by atoms with Crippen LogP contribution < -0.4 is 0 Å². The Morgan fingerprint density at radius 2 is 1.75 bits per heavy atom. The van der Waals surface area contributed by atoms with E-state index in [1.807, 2.05) is 24.3 Å². The largest absolute Gasteiger partial charge is 0.242 e. The number of rotatable bonds is 1. The molecule has 2 atom stereocenters. The van der Waals surface area contributed by atoms with E-state index in [2.05, 4.69) is 13.8 Å². The van der Waals surface area contributed by atoms with Crippen LogP contribution in [-0.4, -0.2) is 0 Å². The summed E-state index contributed by atoms with van der Waals surface area (Å²) in [6.45, 7) is 4.15. The zero-order chi connectivity index (χ0) is 8.72. The van der Waals surface area contributed by atoms with Crippen LogP contribution in [0.2, 0.25) is 0 Å². The summed E-state index contributed by atoms with van der Waals surface area (Å²) >= 11 is 0. The van der Waals surface area contributed by atoms with E-state index in [-0.39, 0.29) is 5.92 Å². The van der Waals surface area contributed by atoms with Crippen molar-refractivity contribution in [2.24, 2.45) is 5.92 Å². The van der Waals surface area contributed by atoms with E-state index in [0.29, 0.717) is 5.92 Å². The van der Waals surface area contributed by atoms with E-state index in [0.717, 1.165) is 5.56 Å². The molecule has 0 bridgehead atoms. The van der Waals surface area contributed by atoms with Crippen molar-refractivity contribution in [2.75, 3.05) is 0 Å². The average Bonchev–Trinajstić information content (AvgIpc) is 2.03. The first-order chi connectivity index (χ1) is 5.72. The van der Waals surface area contributed by atoms with E-state index in [1.54, 1.807) is 0 Å². The summed E-state index contributed by atoms with van der Waals surface area (Å²) in [5.41, 5.74) is 2.11. The van der Waals surface area contributed by atoms with Crippen LogP contribution in [0.1, 0.15) is 37.1 Å². The maximum atomic E-state index is 13.4. The Hall–Kier alpha value is -0.850. The maximum Gasteiger partial charge on any atom is 0.132 e. The molecule has 1 aromatic carbocycles. The van der Waals surface area contributed by atoms with Crippen LogP contribution in [0.5, 0.6) is 0 Å². The Morgan fingerprint density at radius 3 is 2.33 bits per heavy atom. The molecule has 1 aliphatic rings. The maximum absolute atomic E-state index is 13.4. The van der Waals surface area contributed by atoms with Gasteiger partial charge in [-0.2, -0.15) is 0 Å². The van der Waals surface area contributed by atoms with Crippen LogP contribution in [0.3, 0.4) is 0 Å². The molecule has 1 unspecified atom stereocenters. The van der Waals surface area contributed by atoms with Gasteiger partial charge in [-0.15, -0.1) is 0 Å². The second-order valence-corrected chi connectivity index (χ2v) is 3.80. The first-order valence-corrected chi connectivity index (χ1v) is 4.44. The van der Waals surface area contributed by atoms with Gasteiger partial charge in [0.05, 0.1) is 0 Å². The molecule has 0 fully saturated rings. The predicted molar refractivity (Wildman–Crippen MR) is 47.9 cm³/mol. The quantitative estimate of drug-likeness (QED) is 0.596. The van der Waals surface area contributed by atoms with Crippen molar-refractivity contribution in [3.8, 4) is 0 Å². The van der Waals surface area contributed by atoms with E-state index >= 15 is 0 Å². The van der Waals surface area contributed by atoms with Crippen molar-refractivity contribution in [3.63, 3.8) is 0 Å². The van der Waals surface area contributed by atoms with E-state index in [9.17, 15) is 4.39 Å². The zero-order valence-electron chi connectivity index (χ0n) is 7.42. The van der Waals surface area contributed by atoms with Crippen molar-refractivity contribution < 1.29 is 4.39 Å². The Balaban J connectivity index is 2.37. The molecule has 0 heterocycles. The molecule has 0 saturated carbocycles. The second kappa shape index (κ2) is 2.58. The highest BCUT2D eigenvalue weighted by Gasteiger charge is 2.38. The second-order valence-electron chi connectivity index (χ2n) is 3.80. The normalized spacial score (nSPS) is 26.7. The van der Waals surface area contributed by atoms with Gasteiger partial charge >= 0.3 is 0 Å². The monoisotopic (exact) mass is 164 g/mol. The molecule has 64 valence electrons. The first-order valence-electron chi connectivity index (χ1n) is 4.44. The molecule has 0 aliphatic heterocycles. The van der Waals surface area contributed by atoms with Gasteiger partial charge in [0.2, 0.25) is 0 Å². The van der Waals surface area contributed by atoms with Crippen LogP contribution in [-0.2, 0) is 0 Å². The molecule has 1 aliphatic carbocycles. The smallest absolute Gasteiger partial charge is 0.132 e. The fourth-order valence-electron chi connectivity index (χ4n) is 2.02. The first kappa shape index (κ1) is 7.78. The zero-order valence-corrected chi connectivity index (χ0v) is 7.42. The molecular weight excluding hydrogens is 151 g/mol. The molecule has 0 saturated heterocycles. The van der Waals surface area contributed by atoms with Crippen LogP contribution in [0.4, 0.5) is 4.39 Å². The van der Waals surface area contributed by atoms with Crippen LogP contribution in [0.15, 0.2) is 24.3 Å². The molecule has 12 heavy (non-hydrogen) atoms. The third-order valence-corrected chi connectivity index (χ3v) is 2.69. The van der Waals surface area contributed by atoms with E-state index < -0.39 is 6.17 Å². The molecule has 0 spiro atoms. The molecule has 0 N–H and O–H groups in total. The lowest BCUT2D eigenvalue weighted by molar-refractivity contribution is 0.204. The van der Waals surface area contributed by atoms with Crippen molar-refractivity contribution in [3.05, 3.63) is 35.4 Å². The summed E-state index contributed by atoms with van der Waals surface area (Å²) < 4.78 is 13.4. The van der Waals surface area contributed by atoms with Gasteiger partial charge in [0.1, 0.15) is 6.17 Å². The van der Waals surface area contributed by atoms with Gasteiger partial charge in [-0.05, 0) is 17.0 Å². The third kappa shape index (κ3) is 0.889. The van der Waals surface area contributed by atoms with Crippen LogP contribution >= 0.6 is 0 Å². The van der Waals surface area contributed by atoms with Crippen LogP contribution in [0, 0.1) is 5.92 Å². The summed E-state index contributed by atoms with van der Waals surface area (Å²) in [6, 6.07) is 7.82. The Kier molecular flexibility index (Phi) is 1.67. The molecule has 0 aromatic heterocycles. The van der Waals surface area contributed by atoms with Gasteiger partial charge in [-0.25, -0.2) is 4.39 Å². The van der Waals surface area contributed by atoms with E-state index in [1.165, 1.54) is 5.56 Å². The lowest BCUT2D eigenvalue weighted by Gasteiger charge is -2.36. The standard InChI is InChI=1S/C11H13F/c1-7(2)10-8-5-3-4-6-9(8)11(10)12/h3-7,10-11H,1-2H3/t10-,11?/m0/s1. The summed E-state index contributed by atoms with van der Waals surface area (Å²) in [5, 5.41) is 0.